The first-order chi connectivity index (χ1) is 13.7. The van der Waals surface area contributed by atoms with Crippen LogP contribution in [-0.4, -0.2) is 31.6 Å². The first kappa shape index (κ1) is 19.5. The fraction of sp³-hybridized carbons (Fsp3) is 0.208. The van der Waals surface area contributed by atoms with Gasteiger partial charge in [0.25, 0.3) is 0 Å². The summed E-state index contributed by atoms with van der Waals surface area (Å²) in [5.74, 6) is 0.849. The van der Waals surface area contributed by atoms with E-state index in [1.54, 1.807) is 12.0 Å². The van der Waals surface area contributed by atoms with Gasteiger partial charge in [-0.25, -0.2) is 4.79 Å². The highest BCUT2D eigenvalue weighted by Crippen LogP contribution is 2.24. The van der Waals surface area contributed by atoms with E-state index in [0.29, 0.717) is 13.1 Å². The Hall–Kier alpha value is -3.27. The van der Waals surface area contributed by atoms with Gasteiger partial charge in [0.1, 0.15) is 5.75 Å². The van der Waals surface area contributed by atoms with E-state index in [4.69, 9.17) is 4.74 Å². The Labute approximate surface area is 166 Å². The van der Waals surface area contributed by atoms with Crippen LogP contribution in [0, 0.1) is 0 Å². The molecule has 0 heterocycles. The predicted molar refractivity (Wildman–Crippen MR) is 113 cm³/mol. The number of ether oxygens (including phenoxy) is 1. The Balaban J connectivity index is 1.59. The SMILES string of the molecule is COc1ccccc1CCNC(=O)N(C)Cc1ccccc1-c1ccccc1. The summed E-state index contributed by atoms with van der Waals surface area (Å²) in [6.07, 6.45) is 0.726. The molecule has 2 amide bonds. The highest BCUT2D eigenvalue weighted by molar-refractivity contribution is 5.75. The van der Waals surface area contributed by atoms with Gasteiger partial charge in [0.2, 0.25) is 0 Å². The summed E-state index contributed by atoms with van der Waals surface area (Å²) in [6.45, 7) is 1.11. The zero-order chi connectivity index (χ0) is 19.8. The largest absolute Gasteiger partial charge is 0.496 e. The normalized spacial score (nSPS) is 10.4. The van der Waals surface area contributed by atoms with Crippen LogP contribution in [0.3, 0.4) is 0 Å². The summed E-state index contributed by atoms with van der Waals surface area (Å²) in [4.78, 5) is 14.2. The number of carbonyl (C=O) groups excluding carboxylic acids is 1. The standard InChI is InChI=1S/C24H26N2O2/c1-26(24(27)25-17-16-20-12-7-9-15-23(20)28-2)18-21-13-6-8-14-22(21)19-10-4-3-5-11-19/h3-15H,16-18H2,1-2H3,(H,25,27). The maximum absolute atomic E-state index is 12.5. The summed E-state index contributed by atoms with van der Waals surface area (Å²) in [5.41, 5.74) is 4.51. The number of hydrogen-bond donors (Lipinski definition) is 1. The molecule has 0 aliphatic carbocycles. The lowest BCUT2D eigenvalue weighted by molar-refractivity contribution is 0.207. The van der Waals surface area contributed by atoms with Gasteiger partial charge in [0.05, 0.1) is 7.11 Å². The van der Waals surface area contributed by atoms with Gasteiger partial charge < -0.3 is 15.0 Å². The maximum atomic E-state index is 12.5. The smallest absolute Gasteiger partial charge is 0.317 e. The van der Waals surface area contributed by atoms with E-state index in [1.165, 1.54) is 0 Å². The minimum absolute atomic E-state index is 0.0854. The van der Waals surface area contributed by atoms with E-state index in [9.17, 15) is 4.79 Å². The molecule has 4 nitrogen and oxygen atoms in total. The number of nitrogens with one attached hydrogen (secondary N) is 1. The Bertz CT molecular complexity index is 909. The van der Waals surface area contributed by atoms with Gasteiger partial charge in [-0.3, -0.25) is 0 Å². The van der Waals surface area contributed by atoms with E-state index in [1.807, 2.05) is 61.6 Å². The summed E-state index contributed by atoms with van der Waals surface area (Å²) in [7, 11) is 3.48. The van der Waals surface area contributed by atoms with E-state index in [0.717, 1.165) is 34.4 Å². The minimum atomic E-state index is -0.0854. The number of para-hydroxylation sites is 1. The van der Waals surface area contributed by atoms with E-state index in [2.05, 4.69) is 29.6 Å². The Morgan fingerprint density at radius 1 is 0.893 bits per heavy atom. The highest BCUT2D eigenvalue weighted by Gasteiger charge is 2.12. The lowest BCUT2D eigenvalue weighted by Crippen LogP contribution is -2.37. The van der Waals surface area contributed by atoms with Gasteiger partial charge in [-0.1, -0.05) is 72.8 Å². The summed E-state index contributed by atoms with van der Waals surface area (Å²) in [6, 6.07) is 26.2. The molecule has 1 N–H and O–H groups in total. The topological polar surface area (TPSA) is 41.6 Å². The summed E-state index contributed by atoms with van der Waals surface area (Å²) in [5, 5.41) is 2.99. The van der Waals surface area contributed by atoms with Crippen molar-refractivity contribution in [1.29, 1.82) is 0 Å². The second-order valence-electron chi connectivity index (χ2n) is 6.67. The van der Waals surface area contributed by atoms with Crippen LogP contribution in [0.15, 0.2) is 78.9 Å². The molecular weight excluding hydrogens is 348 g/mol. The van der Waals surface area contributed by atoms with E-state index >= 15 is 0 Å². The molecule has 0 fully saturated rings. The average Bonchev–Trinajstić information content (AvgIpc) is 2.75. The quantitative estimate of drug-likeness (QED) is 0.649. The minimum Gasteiger partial charge on any atom is -0.496 e. The molecule has 0 spiro atoms. The summed E-state index contributed by atoms with van der Waals surface area (Å²) < 4.78 is 5.36. The third-order valence-corrected chi connectivity index (χ3v) is 4.72. The first-order valence-electron chi connectivity index (χ1n) is 9.43. The van der Waals surface area contributed by atoms with Crippen LogP contribution in [0.2, 0.25) is 0 Å². The van der Waals surface area contributed by atoms with Crippen molar-refractivity contribution >= 4 is 6.03 Å². The number of hydrogen-bond acceptors (Lipinski definition) is 2. The number of carbonyl (C=O) groups is 1. The van der Waals surface area contributed by atoms with Gasteiger partial charge in [0, 0.05) is 20.1 Å². The van der Waals surface area contributed by atoms with Crippen molar-refractivity contribution in [3.63, 3.8) is 0 Å². The molecule has 3 aromatic rings. The van der Waals surface area contributed by atoms with E-state index in [-0.39, 0.29) is 6.03 Å². The van der Waals surface area contributed by atoms with Crippen molar-refractivity contribution in [3.05, 3.63) is 90.0 Å². The molecule has 28 heavy (non-hydrogen) atoms. The Kier molecular flexibility index (Phi) is 6.68. The van der Waals surface area contributed by atoms with Crippen LogP contribution in [0.4, 0.5) is 4.79 Å². The van der Waals surface area contributed by atoms with Crippen LogP contribution in [-0.2, 0) is 13.0 Å². The van der Waals surface area contributed by atoms with Crippen LogP contribution < -0.4 is 10.1 Å². The first-order valence-corrected chi connectivity index (χ1v) is 9.43. The molecule has 3 aromatic carbocycles. The van der Waals surface area contributed by atoms with Gasteiger partial charge in [-0.15, -0.1) is 0 Å². The molecule has 144 valence electrons. The Morgan fingerprint density at radius 3 is 2.29 bits per heavy atom. The van der Waals surface area contributed by atoms with Gasteiger partial charge in [-0.2, -0.15) is 0 Å². The second kappa shape index (κ2) is 9.60. The predicted octanol–water partition coefficient (Wildman–Crippen LogP) is 4.75. The average molecular weight is 374 g/mol. The number of amides is 2. The lowest BCUT2D eigenvalue weighted by Gasteiger charge is -2.20. The molecule has 0 aliphatic rings. The van der Waals surface area contributed by atoms with Crippen molar-refractivity contribution in [1.82, 2.24) is 10.2 Å². The fourth-order valence-electron chi connectivity index (χ4n) is 3.23. The number of methoxy groups -OCH3 is 1. The molecule has 0 aliphatic heterocycles. The van der Waals surface area contributed by atoms with Crippen LogP contribution in [0.1, 0.15) is 11.1 Å². The molecular formula is C24H26N2O2. The van der Waals surface area contributed by atoms with Crippen LogP contribution >= 0.6 is 0 Å². The monoisotopic (exact) mass is 374 g/mol. The third kappa shape index (κ3) is 4.92. The number of benzene rings is 3. The van der Waals surface area contributed by atoms with Crippen molar-refractivity contribution in [2.45, 2.75) is 13.0 Å². The number of nitrogens with zero attached hydrogens (tertiary/aromatic N) is 1. The van der Waals surface area contributed by atoms with Crippen molar-refractivity contribution in [2.75, 3.05) is 20.7 Å². The molecule has 0 aromatic heterocycles. The Morgan fingerprint density at radius 2 is 1.54 bits per heavy atom. The van der Waals surface area contributed by atoms with Crippen LogP contribution in [0.25, 0.3) is 11.1 Å². The molecule has 0 saturated heterocycles. The van der Waals surface area contributed by atoms with E-state index < -0.39 is 0 Å². The lowest BCUT2D eigenvalue weighted by atomic mass is 9.99. The van der Waals surface area contributed by atoms with Crippen molar-refractivity contribution < 1.29 is 9.53 Å². The number of urea groups is 1. The van der Waals surface area contributed by atoms with Crippen molar-refractivity contribution in [3.8, 4) is 16.9 Å². The molecule has 3 rings (SSSR count). The zero-order valence-corrected chi connectivity index (χ0v) is 16.4. The third-order valence-electron chi connectivity index (χ3n) is 4.72. The van der Waals surface area contributed by atoms with Crippen LogP contribution in [0.5, 0.6) is 5.75 Å². The fourth-order valence-corrected chi connectivity index (χ4v) is 3.23. The molecule has 4 heteroatoms. The maximum Gasteiger partial charge on any atom is 0.317 e. The molecule has 0 unspecified atom stereocenters. The number of rotatable bonds is 7. The molecule has 0 atom stereocenters. The molecule has 0 saturated carbocycles. The highest BCUT2D eigenvalue weighted by atomic mass is 16.5. The van der Waals surface area contributed by atoms with Gasteiger partial charge in [-0.05, 0) is 34.7 Å². The molecule has 0 bridgehead atoms. The summed E-state index contributed by atoms with van der Waals surface area (Å²) >= 11 is 0. The van der Waals surface area contributed by atoms with Crippen molar-refractivity contribution in [2.24, 2.45) is 0 Å². The van der Waals surface area contributed by atoms with Gasteiger partial charge >= 0.3 is 6.03 Å². The van der Waals surface area contributed by atoms with Gasteiger partial charge in [0.15, 0.2) is 0 Å². The molecule has 0 radical (unpaired) electrons. The zero-order valence-electron chi connectivity index (χ0n) is 16.4. The second-order valence-corrected chi connectivity index (χ2v) is 6.67.